The third-order valence-electron chi connectivity index (χ3n) is 4.34. The number of hydrogen-bond acceptors (Lipinski definition) is 3. The average Bonchev–Trinajstić information content (AvgIpc) is 2.70. The van der Waals surface area contributed by atoms with Gasteiger partial charge in [-0.3, -0.25) is 0 Å². The zero-order valence-electron chi connectivity index (χ0n) is 16.6. The van der Waals surface area contributed by atoms with E-state index in [1.54, 1.807) is 0 Å². The highest BCUT2D eigenvalue weighted by atomic mass is 19.4. The van der Waals surface area contributed by atoms with Gasteiger partial charge in [-0.1, -0.05) is 6.58 Å². The highest BCUT2D eigenvalue weighted by molar-refractivity contribution is 5.81. The van der Waals surface area contributed by atoms with Crippen molar-refractivity contribution in [1.29, 1.82) is 0 Å². The number of carbonyl (C=O) groups is 1. The molecule has 0 spiro atoms. The first-order valence-corrected chi connectivity index (χ1v) is 8.69. The summed E-state index contributed by atoms with van der Waals surface area (Å²) in [5, 5.41) is 9.27. The normalized spacial score (nSPS) is 15.8. The van der Waals surface area contributed by atoms with Gasteiger partial charge in [0.2, 0.25) is 0 Å². The van der Waals surface area contributed by atoms with E-state index in [1.807, 2.05) is 0 Å². The van der Waals surface area contributed by atoms with Crippen molar-refractivity contribution in [2.24, 2.45) is 0 Å². The van der Waals surface area contributed by atoms with Gasteiger partial charge in [0.25, 0.3) is 0 Å². The zero-order valence-corrected chi connectivity index (χ0v) is 16.6. The smallest absolute Gasteiger partial charge is 0.384 e. The second-order valence-corrected chi connectivity index (χ2v) is 6.88. The molecule has 208 valence electrons. The van der Waals surface area contributed by atoms with E-state index in [0.29, 0.717) is 6.08 Å². The lowest BCUT2D eigenvalue weighted by Crippen LogP contribution is -2.73. The Morgan fingerprint density at radius 2 is 1.17 bits per heavy atom. The van der Waals surface area contributed by atoms with Crippen LogP contribution in [0.25, 0.3) is 0 Å². The minimum atomic E-state index is -8.44. The first-order valence-electron chi connectivity index (χ1n) is 8.69. The molecule has 0 rings (SSSR count). The van der Waals surface area contributed by atoms with Gasteiger partial charge in [-0.15, -0.1) is 0 Å². The number of halogens is 16. The van der Waals surface area contributed by atoms with Crippen molar-refractivity contribution >= 4 is 5.97 Å². The summed E-state index contributed by atoms with van der Waals surface area (Å²) in [7, 11) is 0. The van der Waals surface area contributed by atoms with Crippen LogP contribution in [0.3, 0.4) is 0 Å². The van der Waals surface area contributed by atoms with E-state index < -0.39 is 85.8 Å². The van der Waals surface area contributed by atoms with Crippen molar-refractivity contribution in [3.05, 3.63) is 12.7 Å². The van der Waals surface area contributed by atoms with E-state index >= 15 is 0 Å². The Hall–Kier alpha value is -1.95. The van der Waals surface area contributed by atoms with Crippen LogP contribution in [0.2, 0.25) is 0 Å². The van der Waals surface area contributed by atoms with E-state index in [1.165, 1.54) is 0 Å². The number of ether oxygens (including phenoxy) is 1. The molecule has 0 aliphatic carbocycles. The maximum Gasteiger partial charge on any atom is 0.384 e. The molecule has 0 aromatic carbocycles. The topological polar surface area (TPSA) is 46.5 Å². The van der Waals surface area contributed by atoms with Crippen molar-refractivity contribution in [2.45, 2.75) is 73.2 Å². The molecule has 1 N–H and O–H groups in total. The Morgan fingerprint density at radius 3 is 1.57 bits per heavy atom. The third-order valence-corrected chi connectivity index (χ3v) is 4.34. The van der Waals surface area contributed by atoms with E-state index in [-0.39, 0.29) is 0 Å². The van der Waals surface area contributed by atoms with Gasteiger partial charge in [0.1, 0.15) is 6.61 Å². The number of carbonyl (C=O) groups excluding carboxylic acids is 1. The first-order chi connectivity index (χ1) is 15.3. The van der Waals surface area contributed by atoms with Crippen LogP contribution in [0.15, 0.2) is 12.7 Å². The highest BCUT2D eigenvalue weighted by Gasteiger charge is 2.93. The Bertz CT molecular complexity index is 749. The minimum absolute atomic E-state index is 0.556. The minimum Gasteiger partial charge on any atom is -0.460 e. The van der Waals surface area contributed by atoms with Crippen molar-refractivity contribution in [1.82, 2.24) is 0 Å². The van der Waals surface area contributed by atoms with Crippen molar-refractivity contribution in [3.63, 3.8) is 0 Å². The van der Waals surface area contributed by atoms with Gasteiger partial charge >= 0.3 is 53.9 Å². The van der Waals surface area contributed by atoms with Gasteiger partial charge in [-0.25, -0.2) is 13.6 Å². The summed E-state index contributed by atoms with van der Waals surface area (Å²) in [6.45, 7) is 1.92. The van der Waals surface area contributed by atoms with Gasteiger partial charge in [-0.2, -0.15) is 61.5 Å². The molecular formula is C16H14F16O3. The van der Waals surface area contributed by atoms with E-state index in [4.69, 9.17) is 0 Å². The molecular weight excluding hydrogens is 544 g/mol. The molecule has 0 saturated carbocycles. The third kappa shape index (κ3) is 5.58. The Balaban J connectivity index is 5.93. The summed E-state index contributed by atoms with van der Waals surface area (Å²) in [5.74, 6) is -55.9. The number of hydrogen-bond donors (Lipinski definition) is 1. The fraction of sp³-hybridized carbons (Fsp3) is 0.812. The largest absolute Gasteiger partial charge is 0.460 e. The fourth-order valence-corrected chi connectivity index (χ4v) is 2.20. The fourth-order valence-electron chi connectivity index (χ4n) is 2.20. The lowest BCUT2D eigenvalue weighted by molar-refractivity contribution is -0.447. The average molecular weight is 558 g/mol. The van der Waals surface area contributed by atoms with Crippen LogP contribution in [0, 0.1) is 0 Å². The van der Waals surface area contributed by atoms with Crippen LogP contribution in [0.1, 0.15) is 19.3 Å². The Labute approximate surface area is 184 Å². The number of alkyl halides is 16. The summed E-state index contributed by atoms with van der Waals surface area (Å²) in [5.41, 5.74) is 0. The van der Waals surface area contributed by atoms with Crippen LogP contribution in [0.4, 0.5) is 70.2 Å². The predicted molar refractivity (Wildman–Crippen MR) is 81.6 cm³/mol. The number of rotatable bonds is 14. The molecule has 0 aliphatic heterocycles. The summed E-state index contributed by atoms with van der Waals surface area (Å²) in [6, 6.07) is 0. The second kappa shape index (κ2) is 10.2. The molecule has 0 radical (unpaired) electrons. The van der Waals surface area contributed by atoms with Gasteiger partial charge in [0.05, 0.1) is 6.10 Å². The molecule has 3 nitrogen and oxygen atoms in total. The zero-order chi connectivity index (χ0) is 28.5. The summed E-state index contributed by atoms with van der Waals surface area (Å²) < 4.78 is 215. The van der Waals surface area contributed by atoms with Gasteiger partial charge < -0.3 is 9.84 Å². The molecule has 0 heterocycles. The maximum absolute atomic E-state index is 13.6. The van der Waals surface area contributed by atoms with Crippen LogP contribution in [0.5, 0.6) is 0 Å². The van der Waals surface area contributed by atoms with Crippen LogP contribution in [-0.2, 0) is 9.53 Å². The molecule has 0 aromatic heterocycles. The predicted octanol–water partition coefficient (Wildman–Crippen LogP) is 5.96. The number of aliphatic hydroxyl groups excluding tert-OH is 1. The summed E-state index contributed by atoms with van der Waals surface area (Å²) >= 11 is 0. The summed E-state index contributed by atoms with van der Waals surface area (Å²) in [4.78, 5) is 10.7. The number of aliphatic hydroxyl groups is 1. The van der Waals surface area contributed by atoms with Crippen LogP contribution in [-0.4, -0.2) is 71.7 Å². The quantitative estimate of drug-likeness (QED) is 0.163. The molecule has 35 heavy (non-hydrogen) atoms. The van der Waals surface area contributed by atoms with Crippen molar-refractivity contribution < 1.29 is 84.9 Å². The molecule has 1 unspecified atom stereocenters. The number of esters is 1. The van der Waals surface area contributed by atoms with E-state index in [9.17, 15) is 80.1 Å². The molecule has 1 atom stereocenters. The molecule has 19 heteroatoms. The molecule has 0 bridgehead atoms. The Kier molecular flexibility index (Phi) is 9.63. The van der Waals surface area contributed by atoms with Crippen LogP contribution < -0.4 is 0 Å². The van der Waals surface area contributed by atoms with Crippen LogP contribution >= 0.6 is 0 Å². The maximum atomic E-state index is 13.6. The standard InChI is InChI=1S/C16H14F16O3/c1-2-8(34)35-6-7(33)4-3-5-10(19,20)12(23,24)14(27,28)16(31,32)15(29,30)13(25,26)11(21,22)9(17)18/h2,7,9,33H,1,3-6H2. The van der Waals surface area contributed by atoms with Crippen molar-refractivity contribution in [3.8, 4) is 0 Å². The van der Waals surface area contributed by atoms with E-state index in [0.717, 1.165) is 0 Å². The van der Waals surface area contributed by atoms with Gasteiger partial charge in [-0.05, 0) is 12.8 Å². The summed E-state index contributed by atoms with van der Waals surface area (Å²) in [6.07, 6.45) is -12.4. The van der Waals surface area contributed by atoms with E-state index in [2.05, 4.69) is 11.3 Å². The monoisotopic (exact) mass is 558 g/mol. The first kappa shape index (κ1) is 33.0. The lowest BCUT2D eigenvalue weighted by Gasteiger charge is -2.42. The molecule has 0 amide bonds. The molecule has 0 aliphatic rings. The van der Waals surface area contributed by atoms with Crippen molar-refractivity contribution in [2.75, 3.05) is 6.61 Å². The van der Waals surface area contributed by atoms with Gasteiger partial charge in [0.15, 0.2) is 0 Å². The SMILES string of the molecule is C=CC(=O)OCC(O)CCCC(F)(F)C(F)(F)C(F)(F)C(F)(F)C(F)(F)C(F)(F)C(F)(F)C(F)F. The molecule has 0 saturated heterocycles. The lowest BCUT2D eigenvalue weighted by atomic mass is 9.88. The van der Waals surface area contributed by atoms with Gasteiger partial charge in [0, 0.05) is 12.5 Å². The Morgan fingerprint density at radius 1 is 0.771 bits per heavy atom. The second-order valence-electron chi connectivity index (χ2n) is 6.88. The highest BCUT2D eigenvalue weighted by Crippen LogP contribution is 2.63. The molecule has 0 aromatic rings. The molecule has 0 fully saturated rings.